The normalized spacial score (nSPS) is 11.5. The summed E-state index contributed by atoms with van der Waals surface area (Å²) >= 11 is 0. The van der Waals surface area contributed by atoms with Crippen LogP contribution in [0.2, 0.25) is 0 Å². The van der Waals surface area contributed by atoms with E-state index in [0.29, 0.717) is 12.0 Å². The van der Waals surface area contributed by atoms with E-state index in [1.165, 1.54) is 5.56 Å². The van der Waals surface area contributed by atoms with Gasteiger partial charge in [-0.15, -0.1) is 0 Å². The lowest BCUT2D eigenvalue weighted by Gasteiger charge is -2.20. The summed E-state index contributed by atoms with van der Waals surface area (Å²) in [5, 5.41) is 21.1. The number of anilines is 1. The Kier molecular flexibility index (Phi) is 7.79. The third-order valence-corrected chi connectivity index (χ3v) is 5.12. The van der Waals surface area contributed by atoms with Crippen molar-refractivity contribution >= 4 is 22.4 Å². The maximum absolute atomic E-state index is 13.2. The van der Waals surface area contributed by atoms with Gasteiger partial charge in [0.1, 0.15) is 0 Å². The summed E-state index contributed by atoms with van der Waals surface area (Å²) in [5.41, 5.74) is 7.34. The van der Waals surface area contributed by atoms with Crippen molar-refractivity contribution in [2.45, 2.75) is 47.5 Å². The van der Waals surface area contributed by atoms with Gasteiger partial charge in [0.25, 0.3) is 0 Å². The summed E-state index contributed by atoms with van der Waals surface area (Å²) in [7, 11) is 0. The number of aromatic amines is 1. The van der Waals surface area contributed by atoms with E-state index in [-0.39, 0.29) is 19.8 Å². The van der Waals surface area contributed by atoms with Crippen LogP contribution in [-0.2, 0) is 12.8 Å². The average Bonchev–Trinajstić information content (AvgIpc) is 3.09. The number of hydrogen-bond donors (Lipinski definition) is 3. The number of H-pyrrole nitrogens is 1. The molecule has 4 rings (SSSR count). The Bertz CT molecular complexity index is 1090. The quantitative estimate of drug-likeness (QED) is 0.436. The van der Waals surface area contributed by atoms with Gasteiger partial charge >= 0.3 is 0 Å². The molecule has 1 heterocycles. The molecule has 5 nitrogen and oxygen atoms in total. The van der Waals surface area contributed by atoms with Gasteiger partial charge in [-0.3, -0.25) is 4.79 Å². The molecule has 0 bridgehead atoms. The first-order chi connectivity index (χ1) is 14.1. The van der Waals surface area contributed by atoms with E-state index < -0.39 is 0 Å². The Morgan fingerprint density at radius 2 is 1.93 bits per heavy atom. The zero-order valence-corrected chi connectivity index (χ0v) is 17.2. The lowest BCUT2D eigenvalue weighted by Crippen LogP contribution is -2.16. The fraction of sp³-hybridized carbons (Fsp3) is 0.360. The molecular weight excluding hydrogens is 374 g/mol. The van der Waals surface area contributed by atoms with Crippen molar-refractivity contribution in [1.29, 1.82) is 5.26 Å². The number of hydrogen-bond acceptors (Lipinski definition) is 4. The van der Waals surface area contributed by atoms with Gasteiger partial charge in [0.2, 0.25) is 0 Å². The van der Waals surface area contributed by atoms with Crippen LogP contribution in [0.25, 0.3) is 10.9 Å². The first-order valence-electron chi connectivity index (χ1n) is 10.2. The molecule has 158 valence electrons. The molecule has 3 aromatic rings. The molecule has 0 amide bonds. The number of nitrogens with zero attached hydrogens (tertiary/aromatic N) is 1. The molecule has 1 aliphatic rings. The zero-order chi connectivity index (χ0) is 21.0. The van der Waals surface area contributed by atoms with Gasteiger partial charge in [0, 0.05) is 47.4 Å². The molecule has 3 N–H and O–H groups in total. The number of ketones is 1. The third-order valence-electron chi connectivity index (χ3n) is 5.12. The van der Waals surface area contributed by atoms with Crippen LogP contribution >= 0.6 is 0 Å². The maximum Gasteiger partial charge on any atom is 0.195 e. The second-order valence-electron chi connectivity index (χ2n) is 7.12. The van der Waals surface area contributed by atoms with Crippen molar-refractivity contribution in [3.8, 4) is 6.07 Å². The summed E-state index contributed by atoms with van der Waals surface area (Å²) < 4.78 is 0. The molecule has 1 aliphatic carbocycles. The lowest BCUT2D eigenvalue weighted by molar-refractivity contribution is 0.103. The van der Waals surface area contributed by atoms with Crippen LogP contribution in [0.15, 0.2) is 30.3 Å². The summed E-state index contributed by atoms with van der Waals surface area (Å²) in [5.74, 6) is 0.0777. The molecule has 0 aliphatic heterocycles. The highest BCUT2D eigenvalue weighted by Gasteiger charge is 2.28. The number of carbonyl (C=O) groups excluding carboxylic acids is 1. The number of nitrogens with one attached hydrogen (secondary N) is 2. The molecule has 0 spiro atoms. The van der Waals surface area contributed by atoms with Crippen LogP contribution in [0.4, 0.5) is 5.69 Å². The second-order valence-corrected chi connectivity index (χ2v) is 7.12. The van der Waals surface area contributed by atoms with Gasteiger partial charge in [0.15, 0.2) is 5.78 Å². The number of aliphatic hydroxyl groups is 1. The van der Waals surface area contributed by atoms with Crippen molar-refractivity contribution < 1.29 is 9.90 Å². The summed E-state index contributed by atoms with van der Waals surface area (Å²) in [6.45, 7) is 7.12. The fourth-order valence-electron chi connectivity index (χ4n) is 3.80. The van der Waals surface area contributed by atoms with E-state index in [4.69, 9.17) is 10.4 Å². The predicted molar refractivity (Wildman–Crippen MR) is 123 cm³/mol. The van der Waals surface area contributed by atoms with E-state index in [2.05, 4.69) is 42.4 Å². The fourth-order valence-corrected chi connectivity index (χ4v) is 3.80. The van der Waals surface area contributed by atoms with E-state index in [9.17, 15) is 4.79 Å². The minimum atomic E-state index is 0. The van der Waals surface area contributed by atoms with Gasteiger partial charge < -0.3 is 15.4 Å². The van der Waals surface area contributed by atoms with Crippen LogP contribution in [0.1, 0.15) is 72.9 Å². The molecule has 30 heavy (non-hydrogen) atoms. The number of carbonyl (C=O) groups is 1. The summed E-state index contributed by atoms with van der Waals surface area (Å²) in [6.07, 6.45) is 2.66. The highest BCUT2D eigenvalue weighted by Crippen LogP contribution is 2.35. The van der Waals surface area contributed by atoms with E-state index in [1.54, 1.807) is 13.0 Å². The Morgan fingerprint density at radius 3 is 2.57 bits per heavy atom. The number of nitriles is 1. The number of aromatic nitrogens is 1. The Labute approximate surface area is 178 Å². The van der Waals surface area contributed by atoms with E-state index in [1.807, 2.05) is 12.1 Å². The van der Waals surface area contributed by atoms with Crippen LogP contribution in [0.5, 0.6) is 0 Å². The van der Waals surface area contributed by atoms with Crippen LogP contribution in [0, 0.1) is 11.3 Å². The number of rotatable bonds is 4. The standard InChI is InChI=1S/C22H21N3O.C2H6O.CH4/c1-3-7-24-18-10-15-11-20-21(22(26)17(15)9-14(18)4-2)16-6-5-13(12-23)8-19(16)25-20;1-2-3;/h5-6,8-10,24-25H,3-4,7,11H2,1-2H3;3H,2H2,1H3;1H4. The molecule has 0 unspecified atom stereocenters. The van der Waals surface area contributed by atoms with Crippen molar-refractivity contribution in [1.82, 2.24) is 4.98 Å². The Balaban J connectivity index is 0.000000757. The predicted octanol–water partition coefficient (Wildman–Crippen LogP) is 5.19. The molecule has 0 fully saturated rings. The van der Waals surface area contributed by atoms with Crippen molar-refractivity contribution in [3.05, 3.63) is 63.8 Å². The first-order valence-corrected chi connectivity index (χ1v) is 10.2. The van der Waals surface area contributed by atoms with Crippen LogP contribution < -0.4 is 5.32 Å². The topological polar surface area (TPSA) is 88.9 Å². The largest absolute Gasteiger partial charge is 0.397 e. The molecule has 0 saturated heterocycles. The van der Waals surface area contributed by atoms with Gasteiger partial charge in [-0.25, -0.2) is 0 Å². The lowest BCUT2D eigenvalue weighted by atomic mass is 9.85. The molecule has 0 saturated carbocycles. The molecular formula is C25H31N3O2. The van der Waals surface area contributed by atoms with Crippen molar-refractivity contribution in [2.24, 2.45) is 0 Å². The smallest absolute Gasteiger partial charge is 0.195 e. The number of benzene rings is 2. The highest BCUT2D eigenvalue weighted by atomic mass is 16.2. The summed E-state index contributed by atoms with van der Waals surface area (Å²) in [6, 6.07) is 11.8. The second kappa shape index (κ2) is 10.1. The molecule has 0 radical (unpaired) electrons. The minimum absolute atomic E-state index is 0. The number of aliphatic hydroxyl groups excluding tert-OH is 1. The van der Waals surface area contributed by atoms with E-state index >= 15 is 0 Å². The van der Waals surface area contributed by atoms with Gasteiger partial charge in [0.05, 0.1) is 17.2 Å². The molecule has 2 aromatic carbocycles. The highest BCUT2D eigenvalue weighted by molar-refractivity contribution is 6.19. The first kappa shape index (κ1) is 23.2. The average molecular weight is 406 g/mol. The minimum Gasteiger partial charge on any atom is -0.397 e. The SMILES string of the molecule is C.CCCNc1cc2c(cc1CC)C(=O)c1c([nH]c3cc(C#N)ccc13)C2.CCO. The maximum atomic E-state index is 13.2. The molecule has 1 aromatic heterocycles. The van der Waals surface area contributed by atoms with Gasteiger partial charge in [-0.05, 0) is 55.2 Å². The molecule has 5 heteroatoms. The van der Waals surface area contributed by atoms with Gasteiger partial charge in [-0.2, -0.15) is 5.26 Å². The van der Waals surface area contributed by atoms with Crippen molar-refractivity contribution in [2.75, 3.05) is 18.5 Å². The Morgan fingerprint density at radius 1 is 1.20 bits per heavy atom. The molecule has 0 atom stereocenters. The van der Waals surface area contributed by atoms with Crippen LogP contribution in [0.3, 0.4) is 0 Å². The number of aryl methyl sites for hydroxylation is 1. The van der Waals surface area contributed by atoms with Crippen molar-refractivity contribution in [3.63, 3.8) is 0 Å². The summed E-state index contributed by atoms with van der Waals surface area (Å²) in [4.78, 5) is 16.6. The zero-order valence-electron chi connectivity index (χ0n) is 17.2. The van der Waals surface area contributed by atoms with Crippen LogP contribution in [-0.4, -0.2) is 29.0 Å². The van der Waals surface area contributed by atoms with E-state index in [0.717, 1.165) is 58.4 Å². The monoisotopic (exact) mass is 405 g/mol. The van der Waals surface area contributed by atoms with Gasteiger partial charge in [-0.1, -0.05) is 27.3 Å². The third kappa shape index (κ3) is 4.24. The Hall–Kier alpha value is -3.10. The number of fused-ring (bicyclic) bond motifs is 4.